The molecule has 2 amide bonds. The van der Waals surface area contributed by atoms with Crippen LogP contribution in [0.5, 0.6) is 0 Å². The van der Waals surface area contributed by atoms with Crippen LogP contribution in [0.15, 0.2) is 18.3 Å². The Morgan fingerprint density at radius 2 is 2.11 bits per heavy atom. The smallest absolute Gasteiger partial charge is 0.407 e. The van der Waals surface area contributed by atoms with Crippen LogP contribution in [0.1, 0.15) is 32.7 Å². The molecule has 0 spiro atoms. The number of carbonyl (C=O) groups excluding carboxylic acids is 1. The lowest BCUT2D eigenvalue weighted by atomic mass is 10.0. The molecule has 150 valence electrons. The fourth-order valence-corrected chi connectivity index (χ4v) is 4.30. The summed E-state index contributed by atoms with van der Waals surface area (Å²) in [6.07, 6.45) is 0.689. The summed E-state index contributed by atoms with van der Waals surface area (Å²) in [5, 5.41) is 13.5. The third kappa shape index (κ3) is 4.63. The topological polar surface area (TPSA) is 85.8 Å². The minimum atomic E-state index is -0.880. The molecule has 1 aromatic carbocycles. The molecule has 9 heteroatoms. The average molecular weight is 423 g/mol. The number of aryl methyl sites for hydroxylation is 1. The van der Waals surface area contributed by atoms with Crippen LogP contribution >= 0.6 is 22.9 Å². The Balaban J connectivity index is 1.74. The summed E-state index contributed by atoms with van der Waals surface area (Å²) in [7, 11) is 0. The maximum atomic E-state index is 12.5. The van der Waals surface area contributed by atoms with Crippen molar-refractivity contribution >= 4 is 40.6 Å². The van der Waals surface area contributed by atoms with Crippen LogP contribution < -0.4 is 5.32 Å². The highest BCUT2D eigenvalue weighted by Gasteiger charge is 2.27. The van der Waals surface area contributed by atoms with Gasteiger partial charge in [-0.05, 0) is 44.0 Å². The first kappa shape index (κ1) is 20.6. The van der Waals surface area contributed by atoms with E-state index < -0.39 is 6.09 Å². The summed E-state index contributed by atoms with van der Waals surface area (Å²) < 4.78 is 0. The van der Waals surface area contributed by atoms with Gasteiger partial charge in [0, 0.05) is 42.9 Å². The SMILES string of the molecule is Cc1ncc(C(=O)Nc2cc(Cl)cc(CN3CCN(C(=O)O)[C@@H](C)C3)c2C)s1. The molecule has 1 atom stereocenters. The maximum Gasteiger partial charge on any atom is 0.407 e. The van der Waals surface area contributed by atoms with Crippen LogP contribution in [0.4, 0.5) is 10.5 Å². The van der Waals surface area contributed by atoms with Gasteiger partial charge >= 0.3 is 6.09 Å². The van der Waals surface area contributed by atoms with Crippen molar-refractivity contribution in [3.05, 3.63) is 44.4 Å². The van der Waals surface area contributed by atoms with Crippen LogP contribution in [-0.4, -0.2) is 57.6 Å². The molecular weight excluding hydrogens is 400 g/mol. The first-order valence-corrected chi connectivity index (χ1v) is 10.2. The number of carbonyl (C=O) groups is 2. The van der Waals surface area contributed by atoms with Gasteiger partial charge in [0.15, 0.2) is 0 Å². The highest BCUT2D eigenvalue weighted by atomic mass is 35.5. The van der Waals surface area contributed by atoms with Crippen molar-refractivity contribution in [2.45, 2.75) is 33.4 Å². The molecule has 0 bridgehead atoms. The van der Waals surface area contributed by atoms with Gasteiger partial charge in [-0.1, -0.05) is 11.6 Å². The quantitative estimate of drug-likeness (QED) is 0.781. The van der Waals surface area contributed by atoms with Crippen LogP contribution in [0, 0.1) is 13.8 Å². The van der Waals surface area contributed by atoms with Crippen LogP contribution in [-0.2, 0) is 6.54 Å². The van der Waals surface area contributed by atoms with Crippen LogP contribution in [0.25, 0.3) is 0 Å². The number of rotatable bonds is 4. The number of aromatic nitrogens is 1. The van der Waals surface area contributed by atoms with Gasteiger partial charge in [-0.3, -0.25) is 9.69 Å². The number of thiazole rings is 1. The van der Waals surface area contributed by atoms with Crippen LogP contribution in [0.3, 0.4) is 0 Å². The number of hydrogen-bond donors (Lipinski definition) is 2. The Morgan fingerprint density at radius 3 is 2.71 bits per heavy atom. The monoisotopic (exact) mass is 422 g/mol. The van der Waals surface area contributed by atoms with Gasteiger partial charge in [-0.25, -0.2) is 9.78 Å². The number of nitrogens with zero attached hydrogens (tertiary/aromatic N) is 3. The standard InChI is InChI=1S/C19H23ClN4O3S/c1-11-9-23(4-5-24(11)19(26)27)10-14-6-15(20)7-16(12(14)2)22-18(25)17-8-21-13(3)28-17/h6-8,11H,4-5,9-10H2,1-3H3,(H,22,25)(H,26,27)/t11-/m0/s1. The molecule has 1 aliphatic rings. The van der Waals surface area contributed by atoms with Gasteiger partial charge in [0.25, 0.3) is 5.91 Å². The van der Waals surface area contributed by atoms with E-state index in [0.29, 0.717) is 41.8 Å². The Kier molecular flexibility index (Phi) is 6.22. The maximum absolute atomic E-state index is 12.5. The van der Waals surface area contributed by atoms with Gasteiger partial charge in [0.2, 0.25) is 0 Å². The lowest BCUT2D eigenvalue weighted by Gasteiger charge is -2.38. The number of benzene rings is 1. The third-order valence-corrected chi connectivity index (χ3v) is 6.05. The third-order valence-electron chi connectivity index (χ3n) is 4.92. The van der Waals surface area contributed by atoms with Crippen LogP contribution in [0.2, 0.25) is 5.02 Å². The lowest BCUT2D eigenvalue weighted by molar-refractivity contribution is 0.0710. The predicted octanol–water partition coefficient (Wildman–Crippen LogP) is 3.85. The molecule has 0 aliphatic carbocycles. The first-order valence-electron chi connectivity index (χ1n) is 8.99. The number of piperazine rings is 1. The van der Waals surface area contributed by atoms with E-state index in [9.17, 15) is 14.7 Å². The van der Waals surface area contributed by atoms with E-state index in [2.05, 4.69) is 15.2 Å². The molecule has 0 saturated carbocycles. The number of carboxylic acid groups (broad SMARTS) is 1. The fourth-order valence-electron chi connectivity index (χ4n) is 3.38. The number of halogens is 1. The summed E-state index contributed by atoms with van der Waals surface area (Å²) in [5.41, 5.74) is 2.64. The second kappa shape index (κ2) is 8.46. The van der Waals surface area contributed by atoms with Crippen molar-refractivity contribution in [3.63, 3.8) is 0 Å². The Morgan fingerprint density at radius 1 is 1.36 bits per heavy atom. The predicted molar refractivity (Wildman–Crippen MR) is 110 cm³/mol. The van der Waals surface area contributed by atoms with Gasteiger partial charge in [-0.15, -0.1) is 11.3 Å². The molecule has 2 N–H and O–H groups in total. The van der Waals surface area contributed by atoms with E-state index >= 15 is 0 Å². The molecular formula is C19H23ClN4O3S. The summed E-state index contributed by atoms with van der Waals surface area (Å²) in [4.78, 5) is 32.1. The molecule has 1 aromatic heterocycles. The molecule has 7 nitrogen and oxygen atoms in total. The zero-order valence-electron chi connectivity index (χ0n) is 16.0. The van der Waals surface area contributed by atoms with Crippen molar-refractivity contribution in [2.75, 3.05) is 25.0 Å². The average Bonchev–Trinajstić information content (AvgIpc) is 3.05. The molecule has 28 heavy (non-hydrogen) atoms. The summed E-state index contributed by atoms with van der Waals surface area (Å²) in [5.74, 6) is -0.203. The van der Waals surface area contributed by atoms with Gasteiger partial charge in [0.1, 0.15) is 4.88 Å². The van der Waals surface area contributed by atoms with E-state index in [1.54, 1.807) is 12.3 Å². The Hall–Kier alpha value is -2.16. The van der Waals surface area contributed by atoms with Gasteiger partial charge < -0.3 is 15.3 Å². The van der Waals surface area contributed by atoms with Crippen molar-refractivity contribution < 1.29 is 14.7 Å². The van der Waals surface area contributed by atoms with Crippen molar-refractivity contribution in [3.8, 4) is 0 Å². The highest BCUT2D eigenvalue weighted by molar-refractivity contribution is 7.13. The number of amides is 2. The number of hydrogen-bond acceptors (Lipinski definition) is 5. The van der Waals surface area contributed by atoms with E-state index in [1.807, 2.05) is 26.8 Å². The Bertz CT molecular complexity index is 901. The first-order chi connectivity index (χ1) is 13.2. The Labute approximate surface area is 172 Å². The molecule has 1 fully saturated rings. The number of anilines is 1. The van der Waals surface area contributed by atoms with E-state index in [1.165, 1.54) is 16.2 Å². The summed E-state index contributed by atoms with van der Waals surface area (Å²) >= 11 is 7.64. The second-order valence-electron chi connectivity index (χ2n) is 7.00. The fraction of sp³-hybridized carbons (Fsp3) is 0.421. The van der Waals surface area contributed by atoms with Gasteiger partial charge in [-0.2, -0.15) is 0 Å². The summed E-state index contributed by atoms with van der Waals surface area (Å²) in [6.45, 7) is 8.15. The zero-order valence-corrected chi connectivity index (χ0v) is 17.6. The number of nitrogens with one attached hydrogen (secondary N) is 1. The van der Waals surface area contributed by atoms with E-state index in [0.717, 1.165) is 16.1 Å². The lowest BCUT2D eigenvalue weighted by Crippen LogP contribution is -2.53. The van der Waals surface area contributed by atoms with E-state index in [4.69, 9.17) is 11.6 Å². The minimum absolute atomic E-state index is 0.0699. The molecule has 0 radical (unpaired) electrons. The zero-order chi connectivity index (χ0) is 20.4. The largest absolute Gasteiger partial charge is 0.465 e. The van der Waals surface area contributed by atoms with Crippen molar-refractivity contribution in [1.82, 2.24) is 14.8 Å². The van der Waals surface area contributed by atoms with Crippen molar-refractivity contribution in [1.29, 1.82) is 0 Å². The molecule has 0 unspecified atom stereocenters. The highest BCUT2D eigenvalue weighted by Crippen LogP contribution is 2.27. The van der Waals surface area contributed by atoms with E-state index in [-0.39, 0.29) is 11.9 Å². The normalized spacial score (nSPS) is 17.6. The molecule has 1 saturated heterocycles. The summed E-state index contributed by atoms with van der Waals surface area (Å²) in [6, 6.07) is 3.58. The molecule has 1 aliphatic heterocycles. The van der Waals surface area contributed by atoms with Gasteiger partial charge in [0.05, 0.1) is 11.2 Å². The molecule has 2 aromatic rings. The minimum Gasteiger partial charge on any atom is -0.465 e. The van der Waals surface area contributed by atoms with Crippen molar-refractivity contribution in [2.24, 2.45) is 0 Å². The molecule has 2 heterocycles. The molecule has 3 rings (SSSR count). The second-order valence-corrected chi connectivity index (χ2v) is 8.67.